The molecule has 1 heterocycles. The topological polar surface area (TPSA) is 43.4 Å². The standard InChI is InChI=1S/C14H16O3/c1-3-5-6-10-9(4-2)7-8-11-12(10)14(16)17-13(11)15/h3-4,6,11-12H,1,5,7-8H2,2H3/b9-4-,10-6?. The predicted octanol–water partition coefficient (Wildman–Crippen LogP) is 2.54. The van der Waals surface area contributed by atoms with Crippen molar-refractivity contribution >= 4 is 11.9 Å². The molecule has 0 aromatic rings. The van der Waals surface area contributed by atoms with Crippen LogP contribution in [0, 0.1) is 11.8 Å². The fraction of sp³-hybridized carbons (Fsp3) is 0.429. The second-order valence-corrected chi connectivity index (χ2v) is 4.36. The summed E-state index contributed by atoms with van der Waals surface area (Å²) in [5, 5.41) is 0. The molecule has 1 aliphatic carbocycles. The van der Waals surface area contributed by atoms with Crippen LogP contribution in [-0.2, 0) is 14.3 Å². The zero-order valence-electron chi connectivity index (χ0n) is 9.94. The highest BCUT2D eigenvalue weighted by Crippen LogP contribution is 2.43. The molecule has 1 aliphatic heterocycles. The van der Waals surface area contributed by atoms with Crippen molar-refractivity contribution in [1.82, 2.24) is 0 Å². The average molecular weight is 232 g/mol. The summed E-state index contributed by atoms with van der Waals surface area (Å²) < 4.78 is 4.74. The van der Waals surface area contributed by atoms with Crippen molar-refractivity contribution in [3.63, 3.8) is 0 Å². The van der Waals surface area contributed by atoms with Gasteiger partial charge in [-0.25, -0.2) is 0 Å². The van der Waals surface area contributed by atoms with E-state index in [-0.39, 0.29) is 17.8 Å². The molecule has 0 N–H and O–H groups in total. The first-order valence-electron chi connectivity index (χ1n) is 5.91. The molecule has 0 bridgehead atoms. The Labute approximate surface area is 101 Å². The van der Waals surface area contributed by atoms with Gasteiger partial charge in [-0.3, -0.25) is 9.59 Å². The Bertz CT molecular complexity index is 429. The first-order chi connectivity index (χ1) is 8.19. The maximum atomic E-state index is 11.7. The zero-order chi connectivity index (χ0) is 12.4. The molecule has 3 nitrogen and oxygen atoms in total. The van der Waals surface area contributed by atoms with E-state index < -0.39 is 5.97 Å². The van der Waals surface area contributed by atoms with Gasteiger partial charge in [0, 0.05) is 0 Å². The van der Waals surface area contributed by atoms with Gasteiger partial charge in [-0.1, -0.05) is 18.2 Å². The van der Waals surface area contributed by atoms with E-state index in [1.165, 1.54) is 0 Å². The van der Waals surface area contributed by atoms with Gasteiger partial charge >= 0.3 is 11.9 Å². The molecular weight excluding hydrogens is 216 g/mol. The minimum absolute atomic E-state index is 0.276. The zero-order valence-corrected chi connectivity index (χ0v) is 9.94. The Kier molecular flexibility index (Phi) is 3.27. The molecule has 2 rings (SSSR count). The quantitative estimate of drug-likeness (QED) is 0.417. The highest BCUT2D eigenvalue weighted by molar-refractivity contribution is 5.99. The lowest BCUT2D eigenvalue weighted by Gasteiger charge is -2.25. The maximum absolute atomic E-state index is 11.7. The Morgan fingerprint density at radius 2 is 2.18 bits per heavy atom. The molecule has 2 aliphatic rings. The lowest BCUT2D eigenvalue weighted by Crippen LogP contribution is -2.25. The first-order valence-corrected chi connectivity index (χ1v) is 5.91. The molecule has 0 amide bonds. The number of carbonyl (C=O) groups excluding carboxylic acids is 2. The van der Waals surface area contributed by atoms with Crippen LogP contribution in [0.15, 0.2) is 36.0 Å². The van der Waals surface area contributed by atoms with Crippen molar-refractivity contribution < 1.29 is 14.3 Å². The first kappa shape index (κ1) is 11.8. The van der Waals surface area contributed by atoms with Gasteiger partial charge in [-0.2, -0.15) is 0 Å². The van der Waals surface area contributed by atoms with E-state index in [2.05, 4.69) is 6.58 Å². The fourth-order valence-electron chi connectivity index (χ4n) is 2.60. The molecule has 0 spiro atoms. The van der Waals surface area contributed by atoms with Gasteiger partial charge in [0.15, 0.2) is 0 Å². The van der Waals surface area contributed by atoms with E-state index in [9.17, 15) is 9.59 Å². The van der Waals surface area contributed by atoms with Crippen molar-refractivity contribution in [1.29, 1.82) is 0 Å². The Hall–Kier alpha value is -1.64. The van der Waals surface area contributed by atoms with Crippen molar-refractivity contribution in [3.05, 3.63) is 36.0 Å². The third-order valence-electron chi connectivity index (χ3n) is 3.44. The van der Waals surface area contributed by atoms with Crippen LogP contribution < -0.4 is 0 Å². The highest BCUT2D eigenvalue weighted by Gasteiger charge is 2.48. The largest absolute Gasteiger partial charge is 0.392 e. The van der Waals surface area contributed by atoms with Gasteiger partial charge in [0.1, 0.15) is 0 Å². The number of carbonyl (C=O) groups is 2. The van der Waals surface area contributed by atoms with E-state index in [1.807, 2.05) is 19.1 Å². The highest BCUT2D eigenvalue weighted by atomic mass is 16.6. The number of hydrogen-bond donors (Lipinski definition) is 0. The van der Waals surface area contributed by atoms with Gasteiger partial charge in [0.05, 0.1) is 11.8 Å². The second kappa shape index (κ2) is 4.70. The van der Waals surface area contributed by atoms with Gasteiger partial charge < -0.3 is 4.74 Å². The van der Waals surface area contributed by atoms with Crippen LogP contribution in [0.5, 0.6) is 0 Å². The van der Waals surface area contributed by atoms with Crippen LogP contribution in [0.3, 0.4) is 0 Å². The summed E-state index contributed by atoms with van der Waals surface area (Å²) in [7, 11) is 0. The van der Waals surface area contributed by atoms with Crippen LogP contribution in [0.25, 0.3) is 0 Å². The molecule has 0 aromatic carbocycles. The Morgan fingerprint density at radius 1 is 1.41 bits per heavy atom. The summed E-state index contributed by atoms with van der Waals surface area (Å²) in [6.45, 7) is 5.63. The van der Waals surface area contributed by atoms with Crippen molar-refractivity contribution in [2.75, 3.05) is 0 Å². The monoisotopic (exact) mass is 232 g/mol. The van der Waals surface area contributed by atoms with Gasteiger partial charge in [0.2, 0.25) is 0 Å². The van der Waals surface area contributed by atoms with Crippen LogP contribution in [0.4, 0.5) is 0 Å². The number of ether oxygens (including phenoxy) is 1. The summed E-state index contributed by atoms with van der Waals surface area (Å²) in [6, 6.07) is 0. The second-order valence-electron chi connectivity index (χ2n) is 4.36. The lowest BCUT2D eigenvalue weighted by molar-refractivity contribution is -0.153. The summed E-state index contributed by atoms with van der Waals surface area (Å²) in [4.78, 5) is 23.2. The van der Waals surface area contributed by atoms with Crippen LogP contribution >= 0.6 is 0 Å². The van der Waals surface area contributed by atoms with Crippen molar-refractivity contribution in [3.8, 4) is 0 Å². The van der Waals surface area contributed by atoms with E-state index in [1.54, 1.807) is 6.08 Å². The van der Waals surface area contributed by atoms with Gasteiger partial charge in [0.25, 0.3) is 0 Å². The Balaban J connectivity index is 2.38. The minimum Gasteiger partial charge on any atom is -0.392 e. The summed E-state index contributed by atoms with van der Waals surface area (Å²) in [6.07, 6.45) is 8.03. The van der Waals surface area contributed by atoms with Crippen molar-refractivity contribution in [2.45, 2.75) is 26.2 Å². The molecule has 17 heavy (non-hydrogen) atoms. The fourth-order valence-corrected chi connectivity index (χ4v) is 2.60. The van der Waals surface area contributed by atoms with Gasteiger partial charge in [-0.05, 0) is 37.3 Å². The van der Waals surface area contributed by atoms with Gasteiger partial charge in [-0.15, -0.1) is 6.58 Å². The number of cyclic esters (lactones) is 2. The van der Waals surface area contributed by atoms with Crippen LogP contribution in [0.2, 0.25) is 0 Å². The molecule has 2 atom stereocenters. The van der Waals surface area contributed by atoms with Crippen LogP contribution in [-0.4, -0.2) is 11.9 Å². The number of rotatable bonds is 2. The predicted molar refractivity (Wildman–Crippen MR) is 64.0 cm³/mol. The van der Waals surface area contributed by atoms with Crippen molar-refractivity contribution in [2.24, 2.45) is 11.8 Å². The lowest BCUT2D eigenvalue weighted by atomic mass is 9.74. The molecule has 2 fully saturated rings. The SMILES string of the molecule is C=CCC=C1/C(=C\C)CCC2C(=O)OC(=O)C12. The molecule has 2 unspecified atom stereocenters. The van der Waals surface area contributed by atoms with E-state index in [0.717, 1.165) is 17.6 Å². The molecule has 3 heteroatoms. The maximum Gasteiger partial charge on any atom is 0.321 e. The number of allylic oxidation sites excluding steroid dienone is 4. The number of esters is 2. The third-order valence-corrected chi connectivity index (χ3v) is 3.44. The molecule has 1 saturated heterocycles. The molecular formula is C14H16O3. The van der Waals surface area contributed by atoms with E-state index in [0.29, 0.717) is 12.8 Å². The normalized spacial score (nSPS) is 32.8. The van der Waals surface area contributed by atoms with Crippen LogP contribution in [0.1, 0.15) is 26.2 Å². The molecule has 90 valence electrons. The molecule has 0 aromatic heterocycles. The van der Waals surface area contributed by atoms with E-state index in [4.69, 9.17) is 4.74 Å². The third kappa shape index (κ3) is 1.97. The average Bonchev–Trinajstić information content (AvgIpc) is 2.62. The summed E-state index contributed by atoms with van der Waals surface area (Å²) >= 11 is 0. The smallest absolute Gasteiger partial charge is 0.321 e. The molecule has 0 radical (unpaired) electrons. The minimum atomic E-state index is -0.394. The summed E-state index contributed by atoms with van der Waals surface area (Å²) in [5.41, 5.74) is 2.11. The number of hydrogen-bond acceptors (Lipinski definition) is 3. The Morgan fingerprint density at radius 3 is 2.82 bits per heavy atom. The summed E-state index contributed by atoms with van der Waals surface area (Å²) in [5.74, 6) is -1.42. The molecule has 1 saturated carbocycles. The van der Waals surface area contributed by atoms with E-state index >= 15 is 0 Å². The number of fused-ring (bicyclic) bond motifs is 1.